The molecule has 0 amide bonds. The standard InChI is InChI=1S/C9H23N3/c1-2-3-4-6-11-8-9-12-7-5-10/h11-12H,2-10H2,1H3. The molecule has 0 saturated carbocycles. The summed E-state index contributed by atoms with van der Waals surface area (Å²) in [6.07, 6.45) is 3.93. The summed E-state index contributed by atoms with van der Waals surface area (Å²) in [4.78, 5) is 0. The van der Waals surface area contributed by atoms with Gasteiger partial charge < -0.3 is 16.4 Å². The molecule has 0 aromatic rings. The van der Waals surface area contributed by atoms with Crippen molar-refractivity contribution in [3.8, 4) is 0 Å². The van der Waals surface area contributed by atoms with Gasteiger partial charge in [0.1, 0.15) is 0 Å². The minimum Gasteiger partial charge on any atom is -0.329 e. The Morgan fingerprint density at radius 2 is 1.58 bits per heavy atom. The van der Waals surface area contributed by atoms with Crippen molar-refractivity contribution in [1.29, 1.82) is 0 Å². The van der Waals surface area contributed by atoms with Crippen LogP contribution in [0.1, 0.15) is 26.2 Å². The van der Waals surface area contributed by atoms with Crippen molar-refractivity contribution in [2.45, 2.75) is 26.2 Å². The Morgan fingerprint density at radius 3 is 2.17 bits per heavy atom. The first-order valence-electron chi connectivity index (χ1n) is 5.03. The summed E-state index contributed by atoms with van der Waals surface area (Å²) < 4.78 is 0. The van der Waals surface area contributed by atoms with Crippen LogP contribution in [0.15, 0.2) is 0 Å². The van der Waals surface area contributed by atoms with Gasteiger partial charge in [0.15, 0.2) is 0 Å². The molecule has 0 aliphatic rings. The molecule has 0 heterocycles. The average Bonchev–Trinajstić information content (AvgIpc) is 2.10. The van der Waals surface area contributed by atoms with Crippen molar-refractivity contribution >= 4 is 0 Å². The van der Waals surface area contributed by atoms with Crippen molar-refractivity contribution in [2.24, 2.45) is 5.73 Å². The van der Waals surface area contributed by atoms with E-state index < -0.39 is 0 Å². The van der Waals surface area contributed by atoms with E-state index in [4.69, 9.17) is 5.73 Å². The van der Waals surface area contributed by atoms with E-state index in [0.717, 1.165) is 32.7 Å². The van der Waals surface area contributed by atoms with Crippen LogP contribution < -0.4 is 16.4 Å². The molecule has 0 aliphatic carbocycles. The van der Waals surface area contributed by atoms with Gasteiger partial charge in [0.2, 0.25) is 0 Å². The van der Waals surface area contributed by atoms with Gasteiger partial charge >= 0.3 is 0 Å². The second-order valence-electron chi connectivity index (χ2n) is 3.00. The fraction of sp³-hybridized carbons (Fsp3) is 1.00. The zero-order valence-corrected chi connectivity index (χ0v) is 8.23. The molecule has 0 fully saturated rings. The molecular weight excluding hydrogens is 150 g/mol. The zero-order chi connectivity index (χ0) is 9.07. The number of rotatable bonds is 9. The summed E-state index contributed by atoms with van der Waals surface area (Å²) in [5.41, 5.74) is 5.33. The SMILES string of the molecule is CCCCCNCCNCCN. The zero-order valence-electron chi connectivity index (χ0n) is 8.23. The van der Waals surface area contributed by atoms with Gasteiger partial charge in [-0.1, -0.05) is 19.8 Å². The van der Waals surface area contributed by atoms with E-state index in [1.807, 2.05) is 0 Å². The predicted molar refractivity (Wildman–Crippen MR) is 54.3 cm³/mol. The first-order chi connectivity index (χ1) is 5.91. The number of nitrogens with one attached hydrogen (secondary N) is 2. The smallest absolute Gasteiger partial charge is 0.00772 e. The van der Waals surface area contributed by atoms with Crippen LogP contribution in [0.5, 0.6) is 0 Å². The number of nitrogens with two attached hydrogens (primary N) is 1. The Kier molecular flexibility index (Phi) is 10.8. The number of hydrogen-bond acceptors (Lipinski definition) is 3. The van der Waals surface area contributed by atoms with Crippen molar-refractivity contribution < 1.29 is 0 Å². The molecule has 0 saturated heterocycles. The molecule has 0 unspecified atom stereocenters. The lowest BCUT2D eigenvalue weighted by atomic mass is 10.2. The van der Waals surface area contributed by atoms with Gasteiger partial charge in [-0.25, -0.2) is 0 Å². The molecule has 0 aromatic carbocycles. The quantitative estimate of drug-likeness (QED) is 0.440. The summed E-state index contributed by atoms with van der Waals surface area (Å²) in [7, 11) is 0. The van der Waals surface area contributed by atoms with Gasteiger partial charge in [-0.3, -0.25) is 0 Å². The highest BCUT2D eigenvalue weighted by Crippen LogP contribution is 1.90. The molecule has 3 nitrogen and oxygen atoms in total. The summed E-state index contributed by atoms with van der Waals surface area (Å²) in [5, 5.41) is 6.61. The number of hydrogen-bond donors (Lipinski definition) is 3. The van der Waals surface area contributed by atoms with Gasteiger partial charge in [-0.15, -0.1) is 0 Å². The van der Waals surface area contributed by atoms with Crippen LogP contribution in [-0.2, 0) is 0 Å². The van der Waals surface area contributed by atoms with Crippen LogP contribution in [0.25, 0.3) is 0 Å². The number of unbranched alkanes of at least 4 members (excludes halogenated alkanes) is 2. The van der Waals surface area contributed by atoms with E-state index in [-0.39, 0.29) is 0 Å². The highest BCUT2D eigenvalue weighted by molar-refractivity contribution is 4.52. The fourth-order valence-corrected chi connectivity index (χ4v) is 1.03. The van der Waals surface area contributed by atoms with E-state index in [2.05, 4.69) is 17.6 Å². The summed E-state index contributed by atoms with van der Waals surface area (Å²) in [6, 6.07) is 0. The molecule has 3 heteroatoms. The molecule has 0 radical (unpaired) electrons. The maximum Gasteiger partial charge on any atom is 0.00772 e. The van der Waals surface area contributed by atoms with Crippen LogP contribution in [0, 0.1) is 0 Å². The lowest BCUT2D eigenvalue weighted by Gasteiger charge is -2.04. The van der Waals surface area contributed by atoms with E-state index in [1.165, 1.54) is 19.3 Å². The monoisotopic (exact) mass is 173 g/mol. The molecule has 0 aromatic heterocycles. The maximum absolute atomic E-state index is 5.33. The summed E-state index contributed by atoms with van der Waals surface area (Å²) >= 11 is 0. The fourth-order valence-electron chi connectivity index (χ4n) is 1.03. The molecule has 0 bridgehead atoms. The van der Waals surface area contributed by atoms with E-state index in [9.17, 15) is 0 Å². The lowest BCUT2D eigenvalue weighted by molar-refractivity contribution is 0.584. The van der Waals surface area contributed by atoms with Gasteiger partial charge in [0.05, 0.1) is 0 Å². The van der Waals surface area contributed by atoms with Crippen molar-refractivity contribution in [3.63, 3.8) is 0 Å². The molecule has 0 spiro atoms. The predicted octanol–water partition coefficient (Wildman–Crippen LogP) is 0.315. The lowest BCUT2D eigenvalue weighted by Crippen LogP contribution is -2.31. The second-order valence-corrected chi connectivity index (χ2v) is 3.00. The molecule has 0 rings (SSSR count). The highest BCUT2D eigenvalue weighted by atomic mass is 14.9. The molecule has 0 aliphatic heterocycles. The average molecular weight is 173 g/mol. The minimum atomic E-state index is 0.732. The first kappa shape index (κ1) is 11.9. The van der Waals surface area contributed by atoms with Crippen LogP contribution in [0.3, 0.4) is 0 Å². The largest absolute Gasteiger partial charge is 0.329 e. The van der Waals surface area contributed by atoms with E-state index in [0.29, 0.717) is 0 Å². The molecule has 74 valence electrons. The molecule has 0 atom stereocenters. The van der Waals surface area contributed by atoms with Crippen LogP contribution in [0.2, 0.25) is 0 Å². The third kappa shape index (κ3) is 9.88. The third-order valence-corrected chi connectivity index (χ3v) is 1.76. The van der Waals surface area contributed by atoms with Crippen LogP contribution >= 0.6 is 0 Å². The highest BCUT2D eigenvalue weighted by Gasteiger charge is 1.87. The molecule has 4 N–H and O–H groups in total. The normalized spacial score (nSPS) is 10.5. The van der Waals surface area contributed by atoms with Gasteiger partial charge in [-0.2, -0.15) is 0 Å². The molecular formula is C9H23N3. The summed E-state index contributed by atoms with van der Waals surface area (Å²) in [6.45, 7) is 7.13. The third-order valence-electron chi connectivity index (χ3n) is 1.76. The Morgan fingerprint density at radius 1 is 0.917 bits per heavy atom. The van der Waals surface area contributed by atoms with Gasteiger partial charge in [-0.05, 0) is 13.0 Å². The van der Waals surface area contributed by atoms with E-state index >= 15 is 0 Å². The Bertz CT molecular complexity index is 66.2. The second kappa shape index (κ2) is 10.9. The summed E-state index contributed by atoms with van der Waals surface area (Å²) in [5.74, 6) is 0. The first-order valence-corrected chi connectivity index (χ1v) is 5.03. The van der Waals surface area contributed by atoms with Crippen molar-refractivity contribution in [3.05, 3.63) is 0 Å². The van der Waals surface area contributed by atoms with Crippen molar-refractivity contribution in [2.75, 3.05) is 32.7 Å². The van der Waals surface area contributed by atoms with Gasteiger partial charge in [0, 0.05) is 26.2 Å². The van der Waals surface area contributed by atoms with Crippen molar-refractivity contribution in [1.82, 2.24) is 10.6 Å². The topological polar surface area (TPSA) is 50.1 Å². The Labute approximate surface area is 76.1 Å². The van der Waals surface area contributed by atoms with Crippen LogP contribution in [-0.4, -0.2) is 32.7 Å². The Hall–Kier alpha value is -0.120. The van der Waals surface area contributed by atoms with E-state index in [1.54, 1.807) is 0 Å². The maximum atomic E-state index is 5.33. The minimum absolute atomic E-state index is 0.732. The van der Waals surface area contributed by atoms with Crippen LogP contribution in [0.4, 0.5) is 0 Å². The Balaban J connectivity index is 2.73. The molecule has 12 heavy (non-hydrogen) atoms. The van der Waals surface area contributed by atoms with Gasteiger partial charge in [0.25, 0.3) is 0 Å².